The molecule has 3 amide bonds. The number of rotatable bonds is 7. The Kier molecular flexibility index (Phi) is 8.14. The number of nitrogens with two attached hydrogens (primary N) is 1. The third-order valence-corrected chi connectivity index (χ3v) is 8.69. The highest BCUT2D eigenvalue weighted by Crippen LogP contribution is 2.36. The number of halogens is 2. The highest BCUT2D eigenvalue weighted by Gasteiger charge is 2.43. The second kappa shape index (κ2) is 12.2. The van der Waals surface area contributed by atoms with E-state index in [-0.39, 0.29) is 37.1 Å². The zero-order valence-electron chi connectivity index (χ0n) is 24.0. The van der Waals surface area contributed by atoms with Crippen molar-refractivity contribution in [3.63, 3.8) is 0 Å². The molecule has 8 nitrogen and oxygen atoms in total. The second-order valence-electron chi connectivity index (χ2n) is 11.2. The second-order valence-corrected chi connectivity index (χ2v) is 11.6. The van der Waals surface area contributed by atoms with E-state index in [0.29, 0.717) is 29.0 Å². The average molecular weight is 616 g/mol. The van der Waals surface area contributed by atoms with Crippen LogP contribution in [0.5, 0.6) is 11.5 Å². The lowest BCUT2D eigenvalue weighted by Gasteiger charge is -2.36. The zero-order valence-corrected chi connectivity index (χ0v) is 24.8. The SMILES string of the molecule is CC1CCN(C(Cc2cccc3ccccc23)C(N)=O)C(=O)C(c2ccc(F)c(Cl)c2)N1C(=O)Cc1ccc2c(c1)OCO2. The van der Waals surface area contributed by atoms with Crippen molar-refractivity contribution in [1.82, 2.24) is 9.80 Å². The molecule has 2 aliphatic heterocycles. The van der Waals surface area contributed by atoms with Crippen LogP contribution in [0.25, 0.3) is 10.8 Å². The van der Waals surface area contributed by atoms with E-state index in [1.807, 2.05) is 49.4 Å². The summed E-state index contributed by atoms with van der Waals surface area (Å²) in [5.41, 5.74) is 7.86. The normalized spacial score (nSPS) is 18.8. The van der Waals surface area contributed by atoms with E-state index < -0.39 is 35.8 Å². The third-order valence-electron chi connectivity index (χ3n) is 8.40. The number of carbonyl (C=O) groups is 3. The van der Waals surface area contributed by atoms with Crippen LogP contribution in [0.15, 0.2) is 78.9 Å². The van der Waals surface area contributed by atoms with Crippen molar-refractivity contribution in [3.05, 3.63) is 106 Å². The number of hydrogen-bond donors (Lipinski definition) is 1. The molecule has 1 fully saturated rings. The molecule has 0 spiro atoms. The van der Waals surface area contributed by atoms with Gasteiger partial charge in [0.05, 0.1) is 11.4 Å². The monoisotopic (exact) mass is 615 g/mol. The van der Waals surface area contributed by atoms with Gasteiger partial charge in [-0.1, -0.05) is 66.2 Å². The van der Waals surface area contributed by atoms with E-state index >= 15 is 0 Å². The summed E-state index contributed by atoms with van der Waals surface area (Å²) < 4.78 is 25.1. The first kappa shape index (κ1) is 29.4. The molecule has 0 aliphatic carbocycles. The Balaban J connectivity index is 1.38. The Hall–Kier alpha value is -4.63. The van der Waals surface area contributed by atoms with Crippen molar-refractivity contribution >= 4 is 40.1 Å². The topological polar surface area (TPSA) is 102 Å². The van der Waals surface area contributed by atoms with E-state index in [1.54, 1.807) is 18.2 Å². The fraction of sp³-hybridized carbons (Fsp3) is 0.265. The van der Waals surface area contributed by atoms with Crippen molar-refractivity contribution in [2.24, 2.45) is 5.73 Å². The van der Waals surface area contributed by atoms with Crippen molar-refractivity contribution < 1.29 is 28.2 Å². The standard InChI is InChI=1S/C34H31ClFN3O5/c1-20-13-14-38(28(33(37)41)18-23-7-4-6-22-5-2-3-8-25(22)23)34(42)32(24-10-11-27(36)26(35)17-24)39(20)31(40)16-21-9-12-29-30(15-21)44-19-43-29/h2-12,15,17,20,28,32H,13-14,16,18-19H2,1H3,(H2,37,41). The molecule has 0 aromatic heterocycles. The summed E-state index contributed by atoms with van der Waals surface area (Å²) in [6.07, 6.45) is 0.567. The molecule has 0 bridgehead atoms. The smallest absolute Gasteiger partial charge is 0.250 e. The van der Waals surface area contributed by atoms with Crippen LogP contribution in [-0.4, -0.2) is 52.9 Å². The molecular weight excluding hydrogens is 585 g/mol. The van der Waals surface area contributed by atoms with E-state index in [4.69, 9.17) is 26.8 Å². The predicted octanol–water partition coefficient (Wildman–Crippen LogP) is 5.19. The van der Waals surface area contributed by atoms with Gasteiger partial charge < -0.3 is 25.0 Å². The summed E-state index contributed by atoms with van der Waals surface area (Å²) in [6.45, 7) is 2.15. The number of carbonyl (C=O) groups excluding carboxylic acids is 3. The van der Waals surface area contributed by atoms with Crippen LogP contribution in [0.4, 0.5) is 4.39 Å². The first-order valence-electron chi connectivity index (χ1n) is 14.4. The fourth-order valence-corrected chi connectivity index (χ4v) is 6.34. The minimum Gasteiger partial charge on any atom is -0.454 e. The van der Waals surface area contributed by atoms with Gasteiger partial charge in [-0.3, -0.25) is 14.4 Å². The van der Waals surface area contributed by atoms with Gasteiger partial charge in [0.2, 0.25) is 18.6 Å². The number of hydrogen-bond acceptors (Lipinski definition) is 5. The van der Waals surface area contributed by atoms with E-state index in [2.05, 4.69) is 0 Å². The molecule has 0 saturated carbocycles. The molecule has 2 N–H and O–H groups in total. The molecular formula is C34H31ClFN3O5. The molecule has 44 heavy (non-hydrogen) atoms. The Morgan fingerprint density at radius 1 is 1.02 bits per heavy atom. The fourth-order valence-electron chi connectivity index (χ4n) is 6.15. The van der Waals surface area contributed by atoms with Gasteiger partial charge in [-0.25, -0.2) is 4.39 Å². The number of nitrogens with zero attached hydrogens (tertiary/aromatic N) is 2. The number of amides is 3. The van der Waals surface area contributed by atoms with Crippen LogP contribution in [0.2, 0.25) is 5.02 Å². The molecule has 3 atom stereocenters. The Labute approximate surface area is 259 Å². The van der Waals surface area contributed by atoms with Gasteiger partial charge in [0, 0.05) is 19.0 Å². The summed E-state index contributed by atoms with van der Waals surface area (Å²) in [4.78, 5) is 44.6. The van der Waals surface area contributed by atoms with Crippen molar-refractivity contribution in [2.75, 3.05) is 13.3 Å². The highest BCUT2D eigenvalue weighted by atomic mass is 35.5. The number of primary amides is 1. The van der Waals surface area contributed by atoms with Crippen LogP contribution in [0.1, 0.15) is 36.1 Å². The molecule has 2 aliphatic rings. The van der Waals surface area contributed by atoms with E-state index in [1.165, 1.54) is 28.0 Å². The molecule has 0 radical (unpaired) electrons. The molecule has 6 rings (SSSR count). The predicted molar refractivity (Wildman–Crippen MR) is 164 cm³/mol. The van der Waals surface area contributed by atoms with Crippen molar-refractivity contribution in [1.29, 1.82) is 0 Å². The van der Waals surface area contributed by atoms with Crippen molar-refractivity contribution in [2.45, 2.75) is 44.3 Å². The van der Waals surface area contributed by atoms with E-state index in [0.717, 1.165) is 16.3 Å². The highest BCUT2D eigenvalue weighted by molar-refractivity contribution is 6.30. The van der Waals surface area contributed by atoms with Gasteiger partial charge in [0.25, 0.3) is 5.91 Å². The number of ether oxygens (including phenoxy) is 2. The van der Waals surface area contributed by atoms with Crippen LogP contribution >= 0.6 is 11.6 Å². The Bertz CT molecular complexity index is 1760. The van der Waals surface area contributed by atoms with Gasteiger partial charge in [-0.05, 0) is 65.1 Å². The maximum absolute atomic E-state index is 14.6. The van der Waals surface area contributed by atoms with Crippen molar-refractivity contribution in [3.8, 4) is 11.5 Å². The molecule has 2 heterocycles. The van der Waals surface area contributed by atoms with Crippen LogP contribution < -0.4 is 15.2 Å². The minimum atomic E-state index is -1.17. The maximum Gasteiger partial charge on any atom is 0.250 e. The Morgan fingerprint density at radius 3 is 2.59 bits per heavy atom. The van der Waals surface area contributed by atoms with Gasteiger partial charge in [-0.15, -0.1) is 0 Å². The molecule has 10 heteroatoms. The quantitative estimate of drug-likeness (QED) is 0.308. The van der Waals surface area contributed by atoms with E-state index in [9.17, 15) is 18.8 Å². The summed E-state index contributed by atoms with van der Waals surface area (Å²) in [6, 6.07) is 20.3. The Morgan fingerprint density at radius 2 is 1.80 bits per heavy atom. The number of fused-ring (bicyclic) bond motifs is 2. The first-order chi connectivity index (χ1) is 21.2. The first-order valence-corrected chi connectivity index (χ1v) is 14.8. The summed E-state index contributed by atoms with van der Waals surface area (Å²) in [5.74, 6) is -0.971. The minimum absolute atomic E-state index is 0.0189. The van der Waals surface area contributed by atoms with Gasteiger partial charge >= 0.3 is 0 Å². The molecule has 1 saturated heterocycles. The average Bonchev–Trinajstić information content (AvgIpc) is 3.43. The summed E-state index contributed by atoms with van der Waals surface area (Å²) >= 11 is 6.18. The lowest BCUT2D eigenvalue weighted by atomic mass is 9.96. The largest absolute Gasteiger partial charge is 0.454 e. The molecule has 4 aromatic carbocycles. The van der Waals surface area contributed by atoms with Gasteiger partial charge in [0.15, 0.2) is 11.5 Å². The molecule has 3 unspecified atom stereocenters. The van der Waals surface area contributed by atoms with Crippen LogP contribution in [-0.2, 0) is 27.2 Å². The number of benzene rings is 4. The lowest BCUT2D eigenvalue weighted by molar-refractivity contribution is -0.148. The van der Waals surface area contributed by atoms with Crippen LogP contribution in [0, 0.1) is 5.82 Å². The summed E-state index contributed by atoms with van der Waals surface area (Å²) in [5, 5.41) is 1.78. The maximum atomic E-state index is 14.6. The van der Waals surface area contributed by atoms with Crippen LogP contribution in [0.3, 0.4) is 0 Å². The molecule has 4 aromatic rings. The summed E-state index contributed by atoms with van der Waals surface area (Å²) in [7, 11) is 0. The molecule has 226 valence electrons. The third kappa shape index (κ3) is 5.67. The lowest BCUT2D eigenvalue weighted by Crippen LogP contribution is -2.52. The van der Waals surface area contributed by atoms with Gasteiger partial charge in [-0.2, -0.15) is 0 Å². The van der Waals surface area contributed by atoms with Gasteiger partial charge in [0.1, 0.15) is 17.9 Å². The zero-order chi connectivity index (χ0) is 31.0.